The first-order chi connectivity index (χ1) is 13.6. The highest BCUT2D eigenvalue weighted by atomic mass is 32.1. The van der Waals surface area contributed by atoms with Crippen molar-refractivity contribution in [2.45, 2.75) is 19.8 Å². The minimum absolute atomic E-state index is 0.152. The van der Waals surface area contributed by atoms with Gasteiger partial charge in [0.2, 0.25) is 5.91 Å². The molecule has 28 heavy (non-hydrogen) atoms. The monoisotopic (exact) mass is 394 g/mol. The number of methoxy groups -OCH3 is 1. The van der Waals surface area contributed by atoms with E-state index in [1.54, 1.807) is 11.3 Å². The number of amides is 1. The van der Waals surface area contributed by atoms with E-state index in [1.165, 1.54) is 12.7 Å². The summed E-state index contributed by atoms with van der Waals surface area (Å²) >= 11 is 1.58. The van der Waals surface area contributed by atoms with Crippen LogP contribution in [0.5, 0.6) is 0 Å². The van der Waals surface area contributed by atoms with E-state index in [4.69, 9.17) is 4.98 Å². The average Bonchev–Trinajstić information content (AvgIpc) is 3.12. The van der Waals surface area contributed by atoms with Crippen LogP contribution < -0.4 is 5.32 Å². The number of thiazole rings is 1. The molecular formula is C22H22N2O3S. The molecule has 1 N–H and O–H groups in total. The Morgan fingerprint density at radius 3 is 2.43 bits per heavy atom. The zero-order chi connectivity index (χ0) is 19.9. The lowest BCUT2D eigenvalue weighted by molar-refractivity contribution is -0.140. The number of nitrogens with zero attached hydrogens (tertiary/aromatic N) is 1. The van der Waals surface area contributed by atoms with E-state index in [-0.39, 0.29) is 31.3 Å². The molecule has 1 amide bonds. The van der Waals surface area contributed by atoms with Crippen LogP contribution in [0.1, 0.15) is 17.7 Å². The second kappa shape index (κ2) is 9.28. The normalized spacial score (nSPS) is 10.5. The van der Waals surface area contributed by atoms with E-state index in [2.05, 4.69) is 34.3 Å². The summed E-state index contributed by atoms with van der Waals surface area (Å²) in [4.78, 5) is 29.3. The number of carbonyl (C=O) groups is 2. The van der Waals surface area contributed by atoms with Crippen LogP contribution in [0.4, 0.5) is 0 Å². The van der Waals surface area contributed by atoms with Gasteiger partial charge >= 0.3 is 5.97 Å². The molecule has 1 aromatic heterocycles. The maximum Gasteiger partial charge on any atom is 0.307 e. The Balaban J connectivity index is 1.83. The molecule has 0 saturated heterocycles. The van der Waals surface area contributed by atoms with Crippen molar-refractivity contribution in [2.75, 3.05) is 13.7 Å². The standard InChI is InChI=1S/C22H22N2O3S/c1-15-8-10-16(11-9-15)21-18(14-19(25)23-13-12-20(26)27-2)24-22(28-21)17-6-4-3-5-7-17/h3-11H,12-14H2,1-2H3,(H,23,25). The van der Waals surface area contributed by atoms with Gasteiger partial charge in [-0.05, 0) is 12.5 Å². The van der Waals surface area contributed by atoms with Gasteiger partial charge in [0.25, 0.3) is 0 Å². The summed E-state index contributed by atoms with van der Waals surface area (Å²) < 4.78 is 4.59. The number of aromatic nitrogens is 1. The second-order valence-electron chi connectivity index (χ2n) is 6.38. The predicted molar refractivity (Wildman–Crippen MR) is 111 cm³/mol. The number of rotatable bonds is 7. The maximum absolute atomic E-state index is 12.4. The van der Waals surface area contributed by atoms with Crippen molar-refractivity contribution in [1.82, 2.24) is 10.3 Å². The third-order valence-corrected chi connectivity index (χ3v) is 5.43. The molecule has 144 valence electrons. The molecule has 0 saturated carbocycles. The molecule has 0 spiro atoms. The van der Waals surface area contributed by atoms with E-state index >= 15 is 0 Å². The van der Waals surface area contributed by atoms with Crippen LogP contribution in [0.3, 0.4) is 0 Å². The zero-order valence-corrected chi connectivity index (χ0v) is 16.7. The van der Waals surface area contributed by atoms with Crippen LogP contribution in [-0.4, -0.2) is 30.5 Å². The van der Waals surface area contributed by atoms with Gasteiger partial charge in [0.05, 0.1) is 30.5 Å². The third kappa shape index (κ3) is 5.04. The quantitative estimate of drug-likeness (QED) is 0.615. The topological polar surface area (TPSA) is 68.3 Å². The molecule has 1 heterocycles. The molecule has 0 aliphatic carbocycles. The van der Waals surface area contributed by atoms with Gasteiger partial charge in [-0.25, -0.2) is 4.98 Å². The fourth-order valence-corrected chi connectivity index (χ4v) is 3.82. The fraction of sp³-hybridized carbons (Fsp3) is 0.227. The van der Waals surface area contributed by atoms with Crippen LogP contribution in [0, 0.1) is 6.92 Å². The highest BCUT2D eigenvalue weighted by molar-refractivity contribution is 7.18. The van der Waals surface area contributed by atoms with Crippen molar-refractivity contribution < 1.29 is 14.3 Å². The summed E-state index contributed by atoms with van der Waals surface area (Å²) in [7, 11) is 1.33. The molecule has 0 aliphatic rings. The first-order valence-electron chi connectivity index (χ1n) is 9.02. The van der Waals surface area contributed by atoms with Crippen LogP contribution in [0.15, 0.2) is 54.6 Å². The lowest BCUT2D eigenvalue weighted by Gasteiger charge is -2.05. The number of carbonyl (C=O) groups excluding carboxylic acids is 2. The smallest absolute Gasteiger partial charge is 0.307 e. The number of aryl methyl sites for hydroxylation is 1. The van der Waals surface area contributed by atoms with Gasteiger partial charge in [-0.15, -0.1) is 11.3 Å². The van der Waals surface area contributed by atoms with Gasteiger partial charge < -0.3 is 10.1 Å². The Morgan fingerprint density at radius 2 is 1.75 bits per heavy atom. The number of esters is 1. The molecule has 0 atom stereocenters. The van der Waals surface area contributed by atoms with Crippen molar-refractivity contribution in [1.29, 1.82) is 0 Å². The number of benzene rings is 2. The Bertz CT molecular complexity index is 950. The first kappa shape index (κ1) is 19.8. The van der Waals surface area contributed by atoms with Gasteiger partial charge in [0.1, 0.15) is 5.01 Å². The summed E-state index contributed by atoms with van der Waals surface area (Å²) in [5, 5.41) is 3.64. The van der Waals surface area contributed by atoms with Crippen LogP contribution >= 0.6 is 11.3 Å². The summed E-state index contributed by atoms with van der Waals surface area (Å²) in [6, 6.07) is 18.1. The molecule has 2 aromatic carbocycles. The summed E-state index contributed by atoms with van der Waals surface area (Å²) in [5.74, 6) is -0.511. The fourth-order valence-electron chi connectivity index (χ4n) is 2.73. The Hall–Kier alpha value is -2.99. The predicted octanol–water partition coefficient (Wildman–Crippen LogP) is 4.01. The Kier molecular flexibility index (Phi) is 6.55. The lowest BCUT2D eigenvalue weighted by Crippen LogP contribution is -2.28. The van der Waals surface area contributed by atoms with Crippen molar-refractivity contribution in [3.63, 3.8) is 0 Å². The Morgan fingerprint density at radius 1 is 1.04 bits per heavy atom. The number of hydrogen-bond acceptors (Lipinski definition) is 5. The van der Waals surface area contributed by atoms with E-state index in [9.17, 15) is 9.59 Å². The van der Waals surface area contributed by atoms with Crippen LogP contribution in [-0.2, 0) is 20.7 Å². The van der Waals surface area contributed by atoms with Gasteiger partial charge in [-0.2, -0.15) is 0 Å². The lowest BCUT2D eigenvalue weighted by atomic mass is 10.1. The molecule has 0 unspecified atom stereocenters. The van der Waals surface area contributed by atoms with E-state index in [1.807, 2.05) is 37.3 Å². The maximum atomic E-state index is 12.4. The molecule has 3 aromatic rings. The van der Waals surface area contributed by atoms with E-state index in [0.29, 0.717) is 0 Å². The van der Waals surface area contributed by atoms with Crippen molar-refractivity contribution >= 4 is 23.2 Å². The molecule has 3 rings (SSSR count). The summed E-state index contributed by atoms with van der Waals surface area (Å²) in [6.45, 7) is 2.29. The second-order valence-corrected chi connectivity index (χ2v) is 7.38. The molecule has 6 heteroatoms. The number of hydrogen-bond donors (Lipinski definition) is 1. The molecule has 0 radical (unpaired) electrons. The molecular weight excluding hydrogens is 372 g/mol. The zero-order valence-electron chi connectivity index (χ0n) is 15.9. The van der Waals surface area contributed by atoms with Gasteiger partial charge in [0, 0.05) is 12.1 Å². The first-order valence-corrected chi connectivity index (χ1v) is 9.84. The van der Waals surface area contributed by atoms with Gasteiger partial charge in [-0.3, -0.25) is 9.59 Å². The number of ether oxygens (including phenoxy) is 1. The highest BCUT2D eigenvalue weighted by Gasteiger charge is 2.17. The average molecular weight is 394 g/mol. The molecule has 5 nitrogen and oxygen atoms in total. The molecule has 0 fully saturated rings. The van der Waals surface area contributed by atoms with Crippen LogP contribution in [0.2, 0.25) is 0 Å². The Labute approximate surface area is 168 Å². The van der Waals surface area contributed by atoms with Crippen LogP contribution in [0.25, 0.3) is 21.0 Å². The molecule has 0 bridgehead atoms. The minimum atomic E-state index is -0.347. The molecule has 0 aliphatic heterocycles. The largest absolute Gasteiger partial charge is 0.469 e. The van der Waals surface area contributed by atoms with Crippen molar-refractivity contribution in [2.24, 2.45) is 0 Å². The van der Waals surface area contributed by atoms with E-state index in [0.717, 1.165) is 26.7 Å². The third-order valence-electron chi connectivity index (χ3n) is 4.24. The van der Waals surface area contributed by atoms with Crippen molar-refractivity contribution in [3.8, 4) is 21.0 Å². The minimum Gasteiger partial charge on any atom is -0.469 e. The SMILES string of the molecule is COC(=O)CCNC(=O)Cc1nc(-c2ccccc2)sc1-c1ccc(C)cc1. The summed E-state index contributed by atoms with van der Waals surface area (Å²) in [6.07, 6.45) is 0.313. The van der Waals surface area contributed by atoms with Gasteiger partial charge in [0.15, 0.2) is 0 Å². The van der Waals surface area contributed by atoms with E-state index < -0.39 is 0 Å². The number of nitrogens with one attached hydrogen (secondary N) is 1. The van der Waals surface area contributed by atoms with Gasteiger partial charge in [-0.1, -0.05) is 60.2 Å². The van der Waals surface area contributed by atoms with Crippen molar-refractivity contribution in [3.05, 3.63) is 65.9 Å². The highest BCUT2D eigenvalue weighted by Crippen LogP contribution is 2.35. The summed E-state index contributed by atoms with van der Waals surface area (Å²) in [5.41, 5.74) is 3.99.